The van der Waals surface area contributed by atoms with Crippen LogP contribution >= 0.6 is 0 Å². The maximum atomic E-state index is 7.00. The van der Waals surface area contributed by atoms with Crippen molar-refractivity contribution < 1.29 is 28.8 Å². The standard InChI is InChI=1S/C23H42O5.CH4O/c1-8-19(24-4)17(2)14-12-10-9-11-13-15-18(3)22-20(25-5)16-21(26-6)23(27-7)28-22;1-2/h11,13,15,17,19-23H,8-10,12,14,16H2,1-7H3;2H,1H3/b13-11+,18-15+;. The van der Waals surface area contributed by atoms with E-state index in [-0.39, 0.29) is 24.6 Å². The Morgan fingerprint density at radius 3 is 2.27 bits per heavy atom. The van der Waals surface area contributed by atoms with Crippen molar-refractivity contribution in [2.24, 2.45) is 5.92 Å². The van der Waals surface area contributed by atoms with Gasteiger partial charge in [-0.1, -0.05) is 38.5 Å². The monoisotopic (exact) mass is 430 g/mol. The summed E-state index contributed by atoms with van der Waals surface area (Å²) in [5, 5.41) is 7.00. The van der Waals surface area contributed by atoms with Gasteiger partial charge in [0.2, 0.25) is 0 Å². The van der Waals surface area contributed by atoms with Gasteiger partial charge in [-0.2, -0.15) is 0 Å². The average molecular weight is 431 g/mol. The molecule has 0 aromatic carbocycles. The fourth-order valence-corrected chi connectivity index (χ4v) is 3.95. The van der Waals surface area contributed by atoms with Crippen LogP contribution in [0, 0.1) is 5.92 Å². The Labute approximate surface area is 184 Å². The summed E-state index contributed by atoms with van der Waals surface area (Å²) >= 11 is 0. The molecule has 0 saturated carbocycles. The number of unbranched alkanes of at least 4 members (excludes halogenated alkanes) is 2. The van der Waals surface area contributed by atoms with Gasteiger partial charge in [-0.05, 0) is 44.1 Å². The predicted molar refractivity (Wildman–Crippen MR) is 122 cm³/mol. The van der Waals surface area contributed by atoms with Crippen LogP contribution in [0.15, 0.2) is 23.8 Å². The van der Waals surface area contributed by atoms with E-state index in [1.807, 2.05) is 7.11 Å². The van der Waals surface area contributed by atoms with E-state index in [1.165, 1.54) is 19.3 Å². The SMILES string of the molecule is CCC(OC)C(C)CCCC/C=C/C=C(\C)C1OC(OC)C(OC)CC1OC.CO. The lowest BCUT2D eigenvalue weighted by Gasteiger charge is -2.39. The molecule has 1 N–H and O–H groups in total. The zero-order valence-electron chi connectivity index (χ0n) is 20.4. The third-order valence-electron chi connectivity index (χ3n) is 5.79. The smallest absolute Gasteiger partial charge is 0.184 e. The molecule has 0 radical (unpaired) electrons. The lowest BCUT2D eigenvalue weighted by molar-refractivity contribution is -0.256. The average Bonchev–Trinajstić information content (AvgIpc) is 2.79. The van der Waals surface area contributed by atoms with Crippen molar-refractivity contribution >= 4 is 0 Å². The maximum absolute atomic E-state index is 7.00. The Morgan fingerprint density at radius 1 is 1.07 bits per heavy atom. The van der Waals surface area contributed by atoms with Crippen molar-refractivity contribution in [2.45, 2.75) is 90.0 Å². The minimum Gasteiger partial charge on any atom is -0.400 e. The quantitative estimate of drug-likeness (QED) is 0.343. The Bertz CT molecular complexity index is 461. The van der Waals surface area contributed by atoms with E-state index < -0.39 is 0 Å². The highest BCUT2D eigenvalue weighted by Crippen LogP contribution is 2.28. The molecule has 6 unspecified atom stereocenters. The Morgan fingerprint density at radius 2 is 1.73 bits per heavy atom. The zero-order valence-corrected chi connectivity index (χ0v) is 20.4. The topological polar surface area (TPSA) is 66.4 Å². The van der Waals surface area contributed by atoms with Gasteiger partial charge in [0.25, 0.3) is 0 Å². The van der Waals surface area contributed by atoms with Gasteiger partial charge in [0, 0.05) is 42.0 Å². The molecule has 0 aromatic heterocycles. The van der Waals surface area contributed by atoms with Crippen LogP contribution in [0.25, 0.3) is 0 Å². The molecule has 1 aliphatic rings. The van der Waals surface area contributed by atoms with Crippen LogP contribution in [0.1, 0.15) is 59.3 Å². The van der Waals surface area contributed by atoms with Crippen LogP contribution in [0.4, 0.5) is 0 Å². The first-order valence-electron chi connectivity index (χ1n) is 11.1. The van der Waals surface area contributed by atoms with Crippen molar-refractivity contribution in [3.05, 3.63) is 23.8 Å². The normalized spacial score (nSPS) is 26.9. The fourth-order valence-electron chi connectivity index (χ4n) is 3.95. The second kappa shape index (κ2) is 17.9. The number of aliphatic hydroxyl groups is 1. The van der Waals surface area contributed by atoms with Gasteiger partial charge in [0.1, 0.15) is 12.2 Å². The van der Waals surface area contributed by atoms with Crippen molar-refractivity contribution in [2.75, 3.05) is 35.5 Å². The van der Waals surface area contributed by atoms with Gasteiger partial charge >= 0.3 is 0 Å². The van der Waals surface area contributed by atoms with E-state index in [2.05, 4.69) is 39.0 Å². The first-order chi connectivity index (χ1) is 14.5. The zero-order chi connectivity index (χ0) is 22.9. The number of methoxy groups -OCH3 is 4. The number of aliphatic hydroxyl groups excluding tert-OH is 1. The molecule has 0 amide bonds. The molecule has 1 heterocycles. The number of hydrogen-bond donors (Lipinski definition) is 1. The van der Waals surface area contributed by atoms with Crippen molar-refractivity contribution in [3.63, 3.8) is 0 Å². The molecule has 30 heavy (non-hydrogen) atoms. The molecule has 1 saturated heterocycles. The van der Waals surface area contributed by atoms with E-state index in [0.29, 0.717) is 12.0 Å². The van der Waals surface area contributed by atoms with Gasteiger partial charge in [-0.3, -0.25) is 0 Å². The molecule has 0 aromatic rings. The Hall–Kier alpha value is -0.760. The van der Waals surface area contributed by atoms with Crippen molar-refractivity contribution in [1.29, 1.82) is 0 Å². The molecule has 6 nitrogen and oxygen atoms in total. The summed E-state index contributed by atoms with van der Waals surface area (Å²) in [5.41, 5.74) is 1.14. The van der Waals surface area contributed by atoms with Crippen LogP contribution in [0.3, 0.4) is 0 Å². The first kappa shape index (κ1) is 29.2. The minimum atomic E-state index is -0.366. The highest BCUT2D eigenvalue weighted by molar-refractivity contribution is 5.17. The number of rotatable bonds is 13. The Kier molecular flexibility index (Phi) is 17.4. The van der Waals surface area contributed by atoms with Crippen molar-refractivity contribution in [1.82, 2.24) is 0 Å². The van der Waals surface area contributed by atoms with Crippen LogP contribution < -0.4 is 0 Å². The maximum Gasteiger partial charge on any atom is 0.184 e. The molecular formula is C24H46O6. The number of allylic oxidation sites excluding steroid dienone is 3. The second-order valence-corrected chi connectivity index (χ2v) is 7.73. The summed E-state index contributed by atoms with van der Waals surface area (Å²) in [6.45, 7) is 6.56. The van der Waals surface area contributed by atoms with E-state index in [1.54, 1.807) is 21.3 Å². The van der Waals surface area contributed by atoms with Crippen LogP contribution in [0.5, 0.6) is 0 Å². The molecule has 0 spiro atoms. The second-order valence-electron chi connectivity index (χ2n) is 7.73. The number of hydrogen-bond acceptors (Lipinski definition) is 6. The lowest BCUT2D eigenvalue weighted by Crippen LogP contribution is -2.49. The highest BCUT2D eigenvalue weighted by atomic mass is 16.7. The lowest BCUT2D eigenvalue weighted by atomic mass is 9.95. The van der Waals surface area contributed by atoms with Crippen LogP contribution in [-0.2, 0) is 23.7 Å². The van der Waals surface area contributed by atoms with Crippen molar-refractivity contribution in [3.8, 4) is 0 Å². The molecule has 1 fully saturated rings. The summed E-state index contributed by atoms with van der Waals surface area (Å²) in [7, 11) is 7.86. The number of ether oxygens (including phenoxy) is 5. The molecule has 6 atom stereocenters. The van der Waals surface area contributed by atoms with Crippen LogP contribution in [-0.4, -0.2) is 71.4 Å². The van der Waals surface area contributed by atoms with E-state index >= 15 is 0 Å². The predicted octanol–water partition coefficient (Wildman–Crippen LogP) is 4.51. The van der Waals surface area contributed by atoms with E-state index in [4.69, 9.17) is 28.8 Å². The Balaban J connectivity index is 0.00000407. The summed E-state index contributed by atoms with van der Waals surface area (Å²) < 4.78 is 28.1. The van der Waals surface area contributed by atoms with Gasteiger partial charge < -0.3 is 28.8 Å². The largest absolute Gasteiger partial charge is 0.400 e. The van der Waals surface area contributed by atoms with E-state index in [0.717, 1.165) is 31.9 Å². The summed E-state index contributed by atoms with van der Waals surface area (Å²) in [6, 6.07) is 0. The van der Waals surface area contributed by atoms with Gasteiger partial charge in [-0.25, -0.2) is 0 Å². The molecule has 0 bridgehead atoms. The van der Waals surface area contributed by atoms with Gasteiger partial charge in [0.05, 0.1) is 12.2 Å². The van der Waals surface area contributed by atoms with Crippen LogP contribution in [0.2, 0.25) is 0 Å². The van der Waals surface area contributed by atoms with E-state index in [9.17, 15) is 0 Å². The third-order valence-corrected chi connectivity index (χ3v) is 5.79. The van der Waals surface area contributed by atoms with Gasteiger partial charge in [0.15, 0.2) is 6.29 Å². The molecule has 6 heteroatoms. The summed E-state index contributed by atoms with van der Waals surface area (Å²) in [6.07, 6.45) is 12.8. The molecule has 178 valence electrons. The molecule has 0 aliphatic carbocycles. The molecule has 1 aliphatic heterocycles. The third kappa shape index (κ3) is 10.0. The molecular weight excluding hydrogens is 384 g/mol. The first-order valence-corrected chi connectivity index (χ1v) is 11.1. The summed E-state index contributed by atoms with van der Waals surface area (Å²) in [5.74, 6) is 0.625. The fraction of sp³-hybridized carbons (Fsp3) is 0.833. The minimum absolute atomic E-state index is 0.0326. The highest BCUT2D eigenvalue weighted by Gasteiger charge is 2.39. The summed E-state index contributed by atoms with van der Waals surface area (Å²) in [4.78, 5) is 0. The van der Waals surface area contributed by atoms with Gasteiger partial charge in [-0.15, -0.1) is 0 Å². The molecule has 1 rings (SSSR count).